The molecule has 1 aliphatic rings. The molecule has 0 radical (unpaired) electrons. The number of aliphatic hydroxyl groups excluding tert-OH is 1. The van der Waals surface area contributed by atoms with E-state index in [9.17, 15) is 14.0 Å². The van der Waals surface area contributed by atoms with Gasteiger partial charge in [-0.2, -0.15) is 0 Å². The van der Waals surface area contributed by atoms with Gasteiger partial charge in [-0.25, -0.2) is 4.39 Å². The number of hydrogen-bond acceptors (Lipinski definition) is 3. The number of halogens is 1. The second-order valence-electron chi connectivity index (χ2n) is 4.82. The quantitative estimate of drug-likeness (QED) is 0.679. The van der Waals surface area contributed by atoms with Crippen molar-refractivity contribution in [2.75, 3.05) is 6.61 Å². The van der Waals surface area contributed by atoms with E-state index < -0.39 is 5.82 Å². The van der Waals surface area contributed by atoms with Crippen LogP contribution in [0.25, 0.3) is 0 Å². The van der Waals surface area contributed by atoms with Gasteiger partial charge in [0.25, 0.3) is 0 Å². The van der Waals surface area contributed by atoms with E-state index in [4.69, 9.17) is 5.11 Å². The van der Waals surface area contributed by atoms with Crippen LogP contribution in [0, 0.1) is 17.7 Å². The van der Waals surface area contributed by atoms with E-state index in [0.717, 1.165) is 0 Å². The number of carbonyl (C=O) groups excluding carboxylic acids is 2. The monoisotopic (exact) mass is 289 g/mol. The highest BCUT2D eigenvalue weighted by atomic mass is 19.1. The summed E-state index contributed by atoms with van der Waals surface area (Å²) in [6.45, 7) is 0.0672. The van der Waals surface area contributed by atoms with Gasteiger partial charge >= 0.3 is 0 Å². The highest BCUT2D eigenvalue weighted by Crippen LogP contribution is 2.17. The molecule has 1 heterocycles. The van der Waals surface area contributed by atoms with Crippen LogP contribution in [0.5, 0.6) is 0 Å². The van der Waals surface area contributed by atoms with E-state index in [1.165, 1.54) is 17.0 Å². The van der Waals surface area contributed by atoms with E-state index >= 15 is 0 Å². The fraction of sp³-hybridized carbons (Fsp3) is 0.375. The molecule has 2 amide bonds. The molecule has 1 aromatic carbocycles. The minimum atomic E-state index is -0.458. The Morgan fingerprint density at radius 2 is 1.95 bits per heavy atom. The maximum Gasteiger partial charge on any atom is 0.229 e. The van der Waals surface area contributed by atoms with Crippen molar-refractivity contribution in [2.24, 2.45) is 0 Å². The van der Waals surface area contributed by atoms with Crippen molar-refractivity contribution >= 4 is 11.8 Å². The minimum absolute atomic E-state index is 0.0783. The first kappa shape index (κ1) is 15.2. The predicted molar refractivity (Wildman–Crippen MR) is 74.4 cm³/mol. The molecule has 1 aromatic rings. The molecule has 110 valence electrons. The van der Waals surface area contributed by atoms with Crippen LogP contribution in [0.1, 0.15) is 36.8 Å². The molecule has 0 aliphatic carbocycles. The molecule has 1 N–H and O–H groups in total. The summed E-state index contributed by atoms with van der Waals surface area (Å²) >= 11 is 0. The van der Waals surface area contributed by atoms with Crippen LogP contribution in [0.4, 0.5) is 4.39 Å². The Labute approximate surface area is 122 Å². The minimum Gasteiger partial charge on any atom is -0.395 e. The molecule has 2 rings (SSSR count). The van der Waals surface area contributed by atoms with E-state index in [1.807, 2.05) is 0 Å². The molecule has 0 bridgehead atoms. The average Bonchev–Trinajstić information content (AvgIpc) is 2.46. The standard InChI is InChI=1S/C16H16FNO3/c17-14-8-7-12(10-13(14)4-1-2-9-19)11-18-15(20)5-3-6-16(18)21/h7-8,10,19H,2-3,5-6,9,11H2. The van der Waals surface area contributed by atoms with Crippen LogP contribution in [0.3, 0.4) is 0 Å². The van der Waals surface area contributed by atoms with Gasteiger partial charge in [0.15, 0.2) is 0 Å². The van der Waals surface area contributed by atoms with Gasteiger partial charge in [-0.05, 0) is 24.1 Å². The summed E-state index contributed by atoms with van der Waals surface area (Å²) in [5.74, 6) is 4.45. The maximum atomic E-state index is 13.6. The molecule has 1 fully saturated rings. The van der Waals surface area contributed by atoms with Gasteiger partial charge in [0.2, 0.25) is 11.8 Å². The molecular formula is C16H16FNO3. The average molecular weight is 289 g/mol. The van der Waals surface area contributed by atoms with E-state index in [-0.39, 0.29) is 37.0 Å². The van der Waals surface area contributed by atoms with E-state index in [0.29, 0.717) is 24.8 Å². The number of amides is 2. The smallest absolute Gasteiger partial charge is 0.229 e. The van der Waals surface area contributed by atoms with Crippen molar-refractivity contribution < 1.29 is 19.1 Å². The number of hydrogen-bond donors (Lipinski definition) is 1. The molecule has 1 aliphatic heterocycles. The van der Waals surface area contributed by atoms with Gasteiger partial charge < -0.3 is 5.11 Å². The first-order valence-corrected chi connectivity index (χ1v) is 6.83. The summed E-state index contributed by atoms with van der Waals surface area (Å²) in [4.78, 5) is 24.7. The van der Waals surface area contributed by atoms with Gasteiger partial charge in [0.1, 0.15) is 5.82 Å². The van der Waals surface area contributed by atoms with Gasteiger partial charge in [0, 0.05) is 19.3 Å². The van der Waals surface area contributed by atoms with Gasteiger partial charge in [-0.3, -0.25) is 14.5 Å². The lowest BCUT2D eigenvalue weighted by Gasteiger charge is -2.24. The van der Waals surface area contributed by atoms with Gasteiger partial charge in [-0.15, -0.1) is 0 Å². The predicted octanol–water partition coefficient (Wildman–Crippen LogP) is 1.60. The lowest BCUT2D eigenvalue weighted by atomic mass is 10.1. The third-order valence-electron chi connectivity index (χ3n) is 3.21. The van der Waals surface area contributed by atoms with Gasteiger partial charge in [-0.1, -0.05) is 17.9 Å². The summed E-state index contributed by atoms with van der Waals surface area (Å²) in [7, 11) is 0. The first-order valence-electron chi connectivity index (χ1n) is 6.83. The van der Waals surface area contributed by atoms with Crippen LogP contribution < -0.4 is 0 Å². The third-order valence-corrected chi connectivity index (χ3v) is 3.21. The van der Waals surface area contributed by atoms with Crippen molar-refractivity contribution in [1.82, 2.24) is 4.90 Å². The van der Waals surface area contributed by atoms with Crippen molar-refractivity contribution in [1.29, 1.82) is 0 Å². The van der Waals surface area contributed by atoms with Crippen LogP contribution in [-0.4, -0.2) is 28.4 Å². The molecule has 0 spiro atoms. The number of likely N-dealkylation sites (tertiary alicyclic amines) is 1. The summed E-state index contributed by atoms with van der Waals surface area (Å²) in [5, 5.41) is 8.66. The molecule has 4 nitrogen and oxygen atoms in total. The zero-order valence-electron chi connectivity index (χ0n) is 11.6. The number of rotatable bonds is 3. The van der Waals surface area contributed by atoms with Crippen LogP contribution >= 0.6 is 0 Å². The summed E-state index contributed by atoms with van der Waals surface area (Å²) in [6, 6.07) is 4.35. The highest BCUT2D eigenvalue weighted by Gasteiger charge is 2.25. The molecular weight excluding hydrogens is 273 g/mol. The summed E-state index contributed by atoms with van der Waals surface area (Å²) in [5.41, 5.74) is 0.867. The van der Waals surface area contributed by atoms with E-state index in [2.05, 4.69) is 11.8 Å². The van der Waals surface area contributed by atoms with Crippen molar-refractivity contribution in [2.45, 2.75) is 32.2 Å². The Kier molecular flexibility index (Phi) is 5.07. The van der Waals surface area contributed by atoms with Crippen molar-refractivity contribution in [3.63, 3.8) is 0 Å². The number of piperidine rings is 1. The molecule has 0 atom stereocenters. The number of carbonyl (C=O) groups is 2. The van der Waals surface area contributed by atoms with E-state index in [1.54, 1.807) is 6.07 Å². The zero-order chi connectivity index (χ0) is 15.2. The Morgan fingerprint density at radius 3 is 2.62 bits per heavy atom. The molecule has 0 aromatic heterocycles. The Morgan fingerprint density at radius 1 is 1.24 bits per heavy atom. The fourth-order valence-corrected chi connectivity index (χ4v) is 2.14. The molecule has 1 saturated heterocycles. The summed E-state index contributed by atoms with van der Waals surface area (Å²) in [6.07, 6.45) is 1.61. The molecule has 21 heavy (non-hydrogen) atoms. The van der Waals surface area contributed by atoms with Crippen LogP contribution in [0.15, 0.2) is 18.2 Å². The third kappa shape index (κ3) is 3.89. The number of imide groups is 1. The van der Waals surface area contributed by atoms with Crippen molar-refractivity contribution in [3.05, 3.63) is 35.1 Å². The van der Waals surface area contributed by atoms with Gasteiger partial charge in [0.05, 0.1) is 18.7 Å². The molecule has 0 saturated carbocycles. The summed E-state index contributed by atoms with van der Waals surface area (Å²) < 4.78 is 13.6. The van der Waals surface area contributed by atoms with Crippen LogP contribution in [0.2, 0.25) is 0 Å². The Balaban J connectivity index is 2.17. The zero-order valence-corrected chi connectivity index (χ0v) is 11.6. The van der Waals surface area contributed by atoms with Crippen LogP contribution in [-0.2, 0) is 16.1 Å². The topological polar surface area (TPSA) is 57.6 Å². The van der Waals surface area contributed by atoms with Crippen molar-refractivity contribution in [3.8, 4) is 11.8 Å². The maximum absolute atomic E-state index is 13.6. The lowest BCUT2D eigenvalue weighted by Crippen LogP contribution is -2.39. The second-order valence-corrected chi connectivity index (χ2v) is 4.82. The largest absolute Gasteiger partial charge is 0.395 e. The SMILES string of the molecule is O=C1CCCC(=O)N1Cc1ccc(F)c(C#CCCO)c1. The normalized spacial score (nSPS) is 14.9. The second kappa shape index (κ2) is 7.00. The molecule has 5 heteroatoms. The number of benzene rings is 1. The number of nitrogens with zero attached hydrogens (tertiary/aromatic N) is 1. The fourth-order valence-electron chi connectivity index (χ4n) is 2.14. The Hall–Kier alpha value is -2.19. The lowest BCUT2D eigenvalue weighted by molar-refractivity contribution is -0.148. The number of aliphatic hydroxyl groups is 1. The first-order chi connectivity index (χ1) is 10.1. The molecule has 0 unspecified atom stereocenters. The Bertz CT molecular complexity index is 600. The highest BCUT2D eigenvalue weighted by molar-refractivity contribution is 5.97.